The van der Waals surface area contributed by atoms with Gasteiger partial charge < -0.3 is 9.84 Å². The van der Waals surface area contributed by atoms with Crippen LogP contribution in [0.3, 0.4) is 0 Å². The van der Waals surface area contributed by atoms with Crippen molar-refractivity contribution in [2.24, 2.45) is 0 Å². The Morgan fingerprint density at radius 2 is 2.00 bits per heavy atom. The Kier molecular flexibility index (Phi) is 5.99. The van der Waals surface area contributed by atoms with E-state index in [1.54, 1.807) is 0 Å². The van der Waals surface area contributed by atoms with Crippen molar-refractivity contribution in [3.8, 4) is 0 Å². The predicted molar refractivity (Wildman–Crippen MR) is 37.4 cm³/mol. The Balaban J connectivity index is 0.000000291. The molecule has 2 nitrogen and oxygen atoms in total. The fourth-order valence-electron chi connectivity index (χ4n) is 0.902. The standard InChI is InChI=1S/C6H12O.CH4O/c1-6-4-2-3-5-7-6;1-2/h6H,2-5H2,1H3;2H,1H3. The molecule has 0 aromatic rings. The zero-order valence-corrected chi connectivity index (χ0v) is 6.26. The van der Waals surface area contributed by atoms with Crippen molar-refractivity contribution in [1.29, 1.82) is 0 Å². The van der Waals surface area contributed by atoms with Crippen molar-refractivity contribution in [2.45, 2.75) is 32.3 Å². The first-order valence-electron chi connectivity index (χ1n) is 3.46. The summed E-state index contributed by atoms with van der Waals surface area (Å²) in [6, 6.07) is 0. The average molecular weight is 132 g/mol. The topological polar surface area (TPSA) is 29.5 Å². The van der Waals surface area contributed by atoms with Crippen LogP contribution in [0.4, 0.5) is 0 Å². The summed E-state index contributed by atoms with van der Waals surface area (Å²) < 4.78 is 5.28. The Morgan fingerprint density at radius 1 is 1.33 bits per heavy atom. The molecule has 1 atom stereocenters. The van der Waals surface area contributed by atoms with E-state index >= 15 is 0 Å². The van der Waals surface area contributed by atoms with Gasteiger partial charge in [0.25, 0.3) is 0 Å². The van der Waals surface area contributed by atoms with E-state index in [2.05, 4.69) is 6.92 Å². The van der Waals surface area contributed by atoms with Crippen LogP contribution in [-0.4, -0.2) is 24.9 Å². The van der Waals surface area contributed by atoms with Crippen LogP contribution in [0.1, 0.15) is 26.2 Å². The first-order valence-corrected chi connectivity index (χ1v) is 3.46. The lowest BCUT2D eigenvalue weighted by atomic mass is 10.1. The van der Waals surface area contributed by atoms with Gasteiger partial charge in [-0.3, -0.25) is 0 Å². The van der Waals surface area contributed by atoms with E-state index in [9.17, 15) is 0 Å². The lowest BCUT2D eigenvalue weighted by Crippen LogP contribution is -2.14. The van der Waals surface area contributed by atoms with E-state index in [0.717, 1.165) is 13.7 Å². The molecule has 1 fully saturated rings. The van der Waals surface area contributed by atoms with E-state index in [-0.39, 0.29) is 0 Å². The molecule has 0 amide bonds. The molecule has 0 bridgehead atoms. The van der Waals surface area contributed by atoms with Crippen LogP contribution in [-0.2, 0) is 4.74 Å². The van der Waals surface area contributed by atoms with E-state index in [0.29, 0.717) is 6.10 Å². The normalized spacial score (nSPS) is 26.3. The quantitative estimate of drug-likeness (QED) is 0.536. The Morgan fingerprint density at radius 3 is 2.22 bits per heavy atom. The SMILES string of the molecule is CC1CCCCO1.CO. The highest BCUT2D eigenvalue weighted by atomic mass is 16.5. The molecule has 0 saturated carbocycles. The minimum Gasteiger partial charge on any atom is -0.400 e. The third-order valence-corrected chi connectivity index (χ3v) is 1.41. The molecule has 1 aliphatic heterocycles. The molecule has 1 N–H and O–H groups in total. The number of rotatable bonds is 0. The van der Waals surface area contributed by atoms with Gasteiger partial charge in [-0.15, -0.1) is 0 Å². The van der Waals surface area contributed by atoms with Gasteiger partial charge in [0.05, 0.1) is 6.10 Å². The highest BCUT2D eigenvalue weighted by Crippen LogP contribution is 2.10. The summed E-state index contributed by atoms with van der Waals surface area (Å²) in [6.07, 6.45) is 4.43. The van der Waals surface area contributed by atoms with Gasteiger partial charge in [0, 0.05) is 13.7 Å². The van der Waals surface area contributed by atoms with Gasteiger partial charge in [-0.25, -0.2) is 0 Å². The highest BCUT2D eigenvalue weighted by molar-refractivity contribution is 4.55. The lowest BCUT2D eigenvalue weighted by molar-refractivity contribution is 0.0285. The molecule has 1 heterocycles. The smallest absolute Gasteiger partial charge is 0.0547 e. The molecule has 0 aromatic heterocycles. The van der Waals surface area contributed by atoms with E-state index < -0.39 is 0 Å². The fraction of sp³-hybridized carbons (Fsp3) is 1.00. The lowest BCUT2D eigenvalue weighted by Gasteiger charge is -2.17. The third-order valence-electron chi connectivity index (χ3n) is 1.41. The Labute approximate surface area is 56.8 Å². The molecule has 0 radical (unpaired) electrons. The van der Waals surface area contributed by atoms with Crippen LogP contribution in [0.2, 0.25) is 0 Å². The summed E-state index contributed by atoms with van der Waals surface area (Å²) in [5, 5.41) is 7.00. The summed E-state index contributed by atoms with van der Waals surface area (Å²) in [7, 11) is 1.00. The largest absolute Gasteiger partial charge is 0.400 e. The van der Waals surface area contributed by atoms with Crippen molar-refractivity contribution in [3.63, 3.8) is 0 Å². The second-order valence-electron chi connectivity index (χ2n) is 2.18. The summed E-state index contributed by atoms with van der Waals surface area (Å²) >= 11 is 0. The van der Waals surface area contributed by atoms with Crippen LogP contribution in [0.15, 0.2) is 0 Å². The molecule has 0 spiro atoms. The second kappa shape index (κ2) is 6.05. The van der Waals surface area contributed by atoms with Crippen molar-refractivity contribution in [1.82, 2.24) is 0 Å². The van der Waals surface area contributed by atoms with Crippen LogP contribution in [0, 0.1) is 0 Å². The van der Waals surface area contributed by atoms with Crippen molar-refractivity contribution < 1.29 is 9.84 Å². The third kappa shape index (κ3) is 4.43. The number of aliphatic hydroxyl groups excluding tert-OH is 1. The van der Waals surface area contributed by atoms with E-state index in [1.165, 1.54) is 19.3 Å². The molecule has 0 aliphatic carbocycles. The van der Waals surface area contributed by atoms with E-state index in [1.807, 2.05) is 0 Å². The van der Waals surface area contributed by atoms with Crippen molar-refractivity contribution >= 4 is 0 Å². The van der Waals surface area contributed by atoms with Crippen LogP contribution in [0.25, 0.3) is 0 Å². The maximum atomic E-state index is 7.00. The van der Waals surface area contributed by atoms with Gasteiger partial charge in [0.15, 0.2) is 0 Å². The highest BCUT2D eigenvalue weighted by Gasteiger charge is 2.05. The maximum absolute atomic E-state index is 7.00. The van der Waals surface area contributed by atoms with Crippen molar-refractivity contribution in [3.05, 3.63) is 0 Å². The van der Waals surface area contributed by atoms with Crippen LogP contribution in [0.5, 0.6) is 0 Å². The summed E-state index contributed by atoms with van der Waals surface area (Å²) in [5.74, 6) is 0. The van der Waals surface area contributed by atoms with Gasteiger partial charge in [-0.1, -0.05) is 0 Å². The summed E-state index contributed by atoms with van der Waals surface area (Å²) in [5.41, 5.74) is 0. The van der Waals surface area contributed by atoms with Gasteiger partial charge >= 0.3 is 0 Å². The molecule has 56 valence electrons. The summed E-state index contributed by atoms with van der Waals surface area (Å²) in [4.78, 5) is 0. The number of hydrogen-bond donors (Lipinski definition) is 1. The molecule has 1 saturated heterocycles. The number of hydrogen-bond acceptors (Lipinski definition) is 2. The first-order chi connectivity index (χ1) is 4.39. The zero-order chi connectivity index (χ0) is 7.11. The second-order valence-corrected chi connectivity index (χ2v) is 2.18. The maximum Gasteiger partial charge on any atom is 0.0547 e. The number of ether oxygens (including phenoxy) is 1. The van der Waals surface area contributed by atoms with Crippen molar-refractivity contribution in [2.75, 3.05) is 13.7 Å². The fourth-order valence-corrected chi connectivity index (χ4v) is 0.902. The molecule has 1 unspecified atom stereocenters. The van der Waals surface area contributed by atoms with Crippen LogP contribution < -0.4 is 0 Å². The van der Waals surface area contributed by atoms with Gasteiger partial charge in [0.1, 0.15) is 0 Å². The summed E-state index contributed by atoms with van der Waals surface area (Å²) in [6.45, 7) is 3.13. The van der Waals surface area contributed by atoms with Gasteiger partial charge in [0.2, 0.25) is 0 Å². The van der Waals surface area contributed by atoms with E-state index in [4.69, 9.17) is 9.84 Å². The first kappa shape index (κ1) is 8.92. The number of aliphatic hydroxyl groups is 1. The molecule has 9 heavy (non-hydrogen) atoms. The monoisotopic (exact) mass is 132 g/mol. The minimum absolute atomic E-state index is 0.536. The Bertz CT molecular complexity index is 48.9. The minimum atomic E-state index is 0.536. The molecule has 1 aliphatic rings. The predicted octanol–water partition coefficient (Wildman–Crippen LogP) is 1.18. The molecule has 0 aromatic carbocycles. The zero-order valence-electron chi connectivity index (χ0n) is 6.26. The Hall–Kier alpha value is -0.0800. The van der Waals surface area contributed by atoms with Gasteiger partial charge in [-0.05, 0) is 26.2 Å². The molecular weight excluding hydrogens is 116 g/mol. The average Bonchev–Trinajstić information content (AvgIpc) is 1.94. The van der Waals surface area contributed by atoms with Gasteiger partial charge in [-0.2, -0.15) is 0 Å². The molecule has 1 rings (SSSR count). The molecule has 2 heteroatoms. The molecular formula is C7H16O2. The van der Waals surface area contributed by atoms with Crippen LogP contribution >= 0.6 is 0 Å².